The lowest BCUT2D eigenvalue weighted by atomic mass is 10.0. The van der Waals surface area contributed by atoms with E-state index in [9.17, 15) is 14.3 Å². The molecule has 0 spiro atoms. The number of aliphatic hydroxyl groups is 1. The summed E-state index contributed by atoms with van der Waals surface area (Å²) in [7, 11) is 0. The number of amides is 2. The summed E-state index contributed by atoms with van der Waals surface area (Å²) in [5.41, 5.74) is 0.475. The summed E-state index contributed by atoms with van der Waals surface area (Å²) in [5, 5.41) is 12.6. The Morgan fingerprint density at radius 3 is 2.68 bits per heavy atom. The van der Waals surface area contributed by atoms with E-state index in [1.165, 1.54) is 12.1 Å². The third-order valence-corrected chi connectivity index (χ3v) is 4.66. The highest BCUT2D eigenvalue weighted by Crippen LogP contribution is 2.29. The maximum atomic E-state index is 13.6. The Labute approximate surface area is 139 Å². The van der Waals surface area contributed by atoms with Gasteiger partial charge in [0.1, 0.15) is 5.82 Å². The van der Waals surface area contributed by atoms with Gasteiger partial charge in [-0.1, -0.05) is 23.2 Å². The molecule has 1 saturated heterocycles. The Morgan fingerprint density at radius 1 is 1.41 bits per heavy atom. The summed E-state index contributed by atoms with van der Waals surface area (Å²) in [6, 6.07) is 1.87. The number of carbonyl (C=O) groups is 1. The fraction of sp³-hybridized carbons (Fsp3) is 0.533. The third kappa shape index (κ3) is 3.83. The minimum atomic E-state index is -0.572. The van der Waals surface area contributed by atoms with Crippen LogP contribution in [0.15, 0.2) is 12.1 Å². The van der Waals surface area contributed by atoms with Crippen molar-refractivity contribution in [3.05, 3.63) is 33.6 Å². The van der Waals surface area contributed by atoms with Crippen LogP contribution in [0.2, 0.25) is 10.0 Å². The summed E-state index contributed by atoms with van der Waals surface area (Å²) in [6.07, 6.45) is 0.338. The zero-order chi connectivity index (χ0) is 16.4. The summed E-state index contributed by atoms with van der Waals surface area (Å²) in [6.45, 7) is 4.56. The molecule has 1 aromatic rings. The summed E-state index contributed by atoms with van der Waals surface area (Å²) in [4.78, 5) is 13.9. The average Bonchev–Trinajstić information content (AvgIpc) is 2.92. The second kappa shape index (κ2) is 7.02. The van der Waals surface area contributed by atoms with E-state index >= 15 is 0 Å². The fourth-order valence-electron chi connectivity index (χ4n) is 2.59. The maximum absolute atomic E-state index is 13.6. The van der Waals surface area contributed by atoms with Crippen molar-refractivity contribution in [2.24, 2.45) is 5.92 Å². The van der Waals surface area contributed by atoms with Crippen LogP contribution in [0.3, 0.4) is 0 Å². The first-order chi connectivity index (χ1) is 10.3. The lowest BCUT2D eigenvalue weighted by Crippen LogP contribution is -2.40. The molecule has 1 aliphatic rings. The van der Waals surface area contributed by atoms with Gasteiger partial charge < -0.3 is 15.3 Å². The molecule has 0 aromatic heterocycles. The monoisotopic (exact) mass is 348 g/mol. The number of hydrogen-bond donors (Lipinski definition) is 2. The van der Waals surface area contributed by atoms with Crippen molar-refractivity contribution < 1.29 is 14.3 Å². The van der Waals surface area contributed by atoms with Crippen molar-refractivity contribution in [1.29, 1.82) is 0 Å². The van der Waals surface area contributed by atoms with Crippen molar-refractivity contribution in [3.8, 4) is 0 Å². The van der Waals surface area contributed by atoms with Crippen LogP contribution >= 0.6 is 23.2 Å². The molecular weight excluding hydrogens is 330 g/mol. The first-order valence-corrected chi connectivity index (χ1v) is 7.93. The lowest BCUT2D eigenvalue weighted by molar-refractivity contribution is 0.129. The molecule has 2 rings (SSSR count). The standard InChI is InChI=1S/C15H19Cl2FN2O2/c1-8(11-5-14(18)13(17)6-12(11)16)19-15(22)20-4-3-10(7-20)9(2)21/h5-6,8-10,21H,3-4,7H2,1-2H3,(H,19,22)/t8-,9+,10-/m0/s1. The third-order valence-electron chi connectivity index (χ3n) is 4.04. The molecule has 122 valence electrons. The molecule has 0 aliphatic carbocycles. The van der Waals surface area contributed by atoms with E-state index in [1.54, 1.807) is 18.7 Å². The Bertz CT molecular complexity index is 569. The highest BCUT2D eigenvalue weighted by atomic mass is 35.5. The van der Waals surface area contributed by atoms with Gasteiger partial charge in [0, 0.05) is 24.0 Å². The number of benzene rings is 1. The van der Waals surface area contributed by atoms with Crippen LogP contribution < -0.4 is 5.32 Å². The molecule has 1 fully saturated rings. The zero-order valence-electron chi connectivity index (χ0n) is 12.4. The Kier molecular flexibility index (Phi) is 5.53. The molecule has 0 saturated carbocycles. The van der Waals surface area contributed by atoms with Gasteiger partial charge in [-0.15, -0.1) is 0 Å². The SMILES string of the molecule is C[C@H](NC(=O)N1CC[C@H]([C@@H](C)O)C1)c1cc(F)c(Cl)cc1Cl. The van der Waals surface area contributed by atoms with E-state index in [1.807, 2.05) is 0 Å². The fourth-order valence-corrected chi connectivity index (χ4v) is 3.14. The first-order valence-electron chi connectivity index (χ1n) is 7.17. The summed E-state index contributed by atoms with van der Waals surface area (Å²) >= 11 is 11.7. The predicted octanol–water partition coefficient (Wildman–Crippen LogP) is 3.61. The van der Waals surface area contributed by atoms with Gasteiger partial charge in [0.2, 0.25) is 0 Å². The van der Waals surface area contributed by atoms with Crippen LogP contribution in [0.25, 0.3) is 0 Å². The molecule has 7 heteroatoms. The van der Waals surface area contributed by atoms with Gasteiger partial charge in [-0.2, -0.15) is 0 Å². The van der Waals surface area contributed by atoms with Gasteiger partial charge in [-0.25, -0.2) is 9.18 Å². The quantitative estimate of drug-likeness (QED) is 0.820. The molecule has 1 aromatic carbocycles. The molecule has 0 bridgehead atoms. The Morgan fingerprint density at radius 2 is 2.09 bits per heavy atom. The molecule has 2 amide bonds. The van der Waals surface area contributed by atoms with Crippen LogP contribution in [-0.2, 0) is 0 Å². The van der Waals surface area contributed by atoms with E-state index < -0.39 is 18.0 Å². The van der Waals surface area contributed by atoms with Crippen LogP contribution in [0.1, 0.15) is 31.9 Å². The van der Waals surface area contributed by atoms with E-state index in [0.717, 1.165) is 6.42 Å². The van der Waals surface area contributed by atoms with Gasteiger partial charge >= 0.3 is 6.03 Å². The number of urea groups is 1. The molecule has 4 nitrogen and oxygen atoms in total. The van der Waals surface area contributed by atoms with Crippen molar-refractivity contribution in [3.63, 3.8) is 0 Å². The van der Waals surface area contributed by atoms with E-state index in [2.05, 4.69) is 5.32 Å². The number of likely N-dealkylation sites (tertiary alicyclic amines) is 1. The van der Waals surface area contributed by atoms with Gasteiger partial charge in [0.05, 0.1) is 17.2 Å². The number of nitrogens with one attached hydrogen (secondary N) is 1. The van der Waals surface area contributed by atoms with Crippen molar-refractivity contribution in [2.75, 3.05) is 13.1 Å². The van der Waals surface area contributed by atoms with Crippen LogP contribution in [0.4, 0.5) is 9.18 Å². The van der Waals surface area contributed by atoms with Crippen molar-refractivity contribution in [1.82, 2.24) is 10.2 Å². The number of halogens is 3. The number of hydrogen-bond acceptors (Lipinski definition) is 2. The molecule has 1 heterocycles. The van der Waals surface area contributed by atoms with Gasteiger partial charge in [0.25, 0.3) is 0 Å². The van der Waals surface area contributed by atoms with E-state index in [-0.39, 0.29) is 17.0 Å². The van der Waals surface area contributed by atoms with Gasteiger partial charge in [-0.05, 0) is 38.0 Å². The minimum absolute atomic E-state index is 0.0494. The lowest BCUT2D eigenvalue weighted by Gasteiger charge is -2.22. The molecule has 22 heavy (non-hydrogen) atoms. The van der Waals surface area contributed by atoms with E-state index in [4.69, 9.17) is 23.2 Å². The second-order valence-corrected chi connectivity index (χ2v) is 6.51. The number of carbonyl (C=O) groups excluding carboxylic acids is 1. The van der Waals surface area contributed by atoms with E-state index in [0.29, 0.717) is 23.7 Å². The highest BCUT2D eigenvalue weighted by Gasteiger charge is 2.29. The summed E-state index contributed by atoms with van der Waals surface area (Å²) < 4.78 is 13.6. The topological polar surface area (TPSA) is 52.6 Å². The van der Waals surface area contributed by atoms with Gasteiger partial charge in [0.15, 0.2) is 0 Å². The molecule has 1 aliphatic heterocycles. The Hall–Kier alpha value is -1.04. The minimum Gasteiger partial charge on any atom is -0.393 e. The molecule has 0 unspecified atom stereocenters. The largest absolute Gasteiger partial charge is 0.393 e. The normalized spacial score (nSPS) is 20.8. The zero-order valence-corrected chi connectivity index (χ0v) is 14.0. The Balaban J connectivity index is 2.02. The van der Waals surface area contributed by atoms with Crippen molar-refractivity contribution >= 4 is 29.2 Å². The molecular formula is C15H19Cl2FN2O2. The number of rotatable bonds is 3. The number of nitrogens with zero attached hydrogens (tertiary/aromatic N) is 1. The second-order valence-electron chi connectivity index (χ2n) is 5.69. The van der Waals surface area contributed by atoms with Crippen LogP contribution in [0.5, 0.6) is 0 Å². The highest BCUT2D eigenvalue weighted by molar-refractivity contribution is 6.35. The summed E-state index contributed by atoms with van der Waals surface area (Å²) in [5.74, 6) is -0.477. The molecule has 2 N–H and O–H groups in total. The first kappa shape index (κ1) is 17.3. The average molecular weight is 349 g/mol. The smallest absolute Gasteiger partial charge is 0.317 e. The number of aliphatic hydroxyl groups excluding tert-OH is 1. The molecule has 3 atom stereocenters. The maximum Gasteiger partial charge on any atom is 0.317 e. The van der Waals surface area contributed by atoms with Crippen LogP contribution in [0, 0.1) is 11.7 Å². The van der Waals surface area contributed by atoms with Crippen molar-refractivity contribution in [2.45, 2.75) is 32.4 Å². The molecule has 0 radical (unpaired) electrons. The predicted molar refractivity (Wildman–Crippen MR) is 84.7 cm³/mol. The van der Waals surface area contributed by atoms with Gasteiger partial charge in [-0.3, -0.25) is 0 Å². The van der Waals surface area contributed by atoms with Crippen LogP contribution in [-0.4, -0.2) is 35.2 Å².